The normalized spacial score (nSPS) is 21.0. The van der Waals surface area contributed by atoms with Crippen LogP contribution in [0.3, 0.4) is 0 Å². The molecule has 0 spiro atoms. The molecular weight excluding hydrogens is 437 g/mol. The Morgan fingerprint density at radius 2 is 2.00 bits per heavy atom. The average molecular weight is 458 g/mol. The maximum Gasteiger partial charge on any atom is 0.318 e. The molecule has 2 atom stereocenters. The molecule has 1 aromatic carbocycles. The number of urea groups is 1. The van der Waals surface area contributed by atoms with E-state index in [9.17, 15) is 4.79 Å². The molecule has 0 bridgehead atoms. The van der Waals surface area contributed by atoms with E-state index in [1.807, 2.05) is 36.9 Å². The molecule has 5 rings (SSSR count). The van der Waals surface area contributed by atoms with Crippen molar-refractivity contribution in [2.45, 2.75) is 44.3 Å². The second-order valence-electron chi connectivity index (χ2n) is 8.35. The fraction of sp³-hybridized carbons (Fsp3) is 0.333. The minimum absolute atomic E-state index is 0.0425. The lowest BCUT2D eigenvalue weighted by molar-refractivity contribution is 0.142. The number of rotatable bonds is 4. The van der Waals surface area contributed by atoms with Crippen molar-refractivity contribution in [1.29, 1.82) is 0 Å². The molecule has 1 aliphatic heterocycles. The summed E-state index contributed by atoms with van der Waals surface area (Å²) in [5.41, 5.74) is 2.51. The van der Waals surface area contributed by atoms with Gasteiger partial charge in [-0.2, -0.15) is 5.10 Å². The lowest BCUT2D eigenvalue weighted by atomic mass is 10.0. The maximum atomic E-state index is 13.1. The Labute approximate surface area is 189 Å². The Morgan fingerprint density at radius 1 is 1.23 bits per heavy atom. The van der Waals surface area contributed by atoms with Crippen LogP contribution in [-0.4, -0.2) is 37.1 Å². The smallest absolute Gasteiger partial charge is 0.318 e. The fourth-order valence-corrected chi connectivity index (χ4v) is 4.59. The molecule has 160 valence electrons. The summed E-state index contributed by atoms with van der Waals surface area (Å²) < 4.78 is 0. The van der Waals surface area contributed by atoms with Gasteiger partial charge in [-0.05, 0) is 37.4 Å². The third kappa shape index (κ3) is 3.70. The molecule has 2 amide bonds. The number of nitrogens with zero attached hydrogens (tertiary/aromatic N) is 4. The van der Waals surface area contributed by atoms with Crippen molar-refractivity contribution in [2.24, 2.45) is 0 Å². The van der Waals surface area contributed by atoms with Gasteiger partial charge in [0.25, 0.3) is 0 Å². The number of aromatic amines is 1. The SMILES string of the molecule is CC1(C)c2[nH]nc(Nc3cc(Cl)nc(Cl)n3)c2CN1C(=O)NC1C[C@@H]1c1ccccc1. The first kappa shape index (κ1) is 20.1. The van der Waals surface area contributed by atoms with Crippen LogP contribution >= 0.6 is 23.2 Å². The van der Waals surface area contributed by atoms with Crippen molar-refractivity contribution in [1.82, 2.24) is 30.4 Å². The molecule has 3 aromatic rings. The molecule has 2 aromatic heterocycles. The number of halogens is 2. The summed E-state index contributed by atoms with van der Waals surface area (Å²) in [6.45, 7) is 4.42. The summed E-state index contributed by atoms with van der Waals surface area (Å²) in [5, 5.41) is 14.0. The van der Waals surface area contributed by atoms with Gasteiger partial charge in [0.05, 0.1) is 17.8 Å². The van der Waals surface area contributed by atoms with Gasteiger partial charge in [-0.15, -0.1) is 0 Å². The molecule has 1 aliphatic carbocycles. The second-order valence-corrected chi connectivity index (χ2v) is 9.08. The van der Waals surface area contributed by atoms with E-state index in [1.54, 1.807) is 6.07 Å². The average Bonchev–Trinajstić information content (AvgIpc) is 3.27. The van der Waals surface area contributed by atoms with Crippen LogP contribution in [0.1, 0.15) is 43.0 Å². The van der Waals surface area contributed by atoms with E-state index in [4.69, 9.17) is 23.2 Å². The molecule has 1 unspecified atom stereocenters. The highest BCUT2D eigenvalue weighted by Crippen LogP contribution is 2.43. The summed E-state index contributed by atoms with van der Waals surface area (Å²) in [7, 11) is 0. The molecule has 31 heavy (non-hydrogen) atoms. The molecule has 3 heterocycles. The zero-order valence-corrected chi connectivity index (χ0v) is 18.5. The van der Waals surface area contributed by atoms with Crippen LogP contribution in [0.5, 0.6) is 0 Å². The molecule has 3 N–H and O–H groups in total. The van der Waals surface area contributed by atoms with Gasteiger partial charge in [-0.3, -0.25) is 5.10 Å². The lowest BCUT2D eigenvalue weighted by Crippen LogP contribution is -2.47. The number of benzene rings is 1. The number of aromatic nitrogens is 4. The topological polar surface area (TPSA) is 98.8 Å². The van der Waals surface area contributed by atoms with E-state index in [2.05, 4.69) is 42.9 Å². The number of amides is 2. The van der Waals surface area contributed by atoms with E-state index in [-0.39, 0.29) is 22.5 Å². The number of hydrogen-bond donors (Lipinski definition) is 3. The van der Waals surface area contributed by atoms with Gasteiger partial charge >= 0.3 is 6.03 Å². The highest BCUT2D eigenvalue weighted by atomic mass is 35.5. The van der Waals surface area contributed by atoms with E-state index in [0.29, 0.717) is 24.1 Å². The molecule has 2 aliphatic rings. The van der Waals surface area contributed by atoms with Crippen molar-refractivity contribution in [3.8, 4) is 0 Å². The van der Waals surface area contributed by atoms with E-state index >= 15 is 0 Å². The fourth-order valence-electron chi connectivity index (χ4n) is 4.18. The van der Waals surface area contributed by atoms with Crippen molar-refractivity contribution in [2.75, 3.05) is 5.32 Å². The second kappa shape index (κ2) is 7.39. The summed E-state index contributed by atoms with van der Waals surface area (Å²) in [6, 6.07) is 11.9. The Hall–Kier alpha value is -2.84. The minimum atomic E-state index is -0.537. The van der Waals surface area contributed by atoms with Gasteiger partial charge in [0.15, 0.2) is 5.82 Å². The Bertz CT molecular complexity index is 1130. The third-order valence-electron chi connectivity index (χ3n) is 5.96. The van der Waals surface area contributed by atoms with Gasteiger partial charge in [0, 0.05) is 23.6 Å². The van der Waals surface area contributed by atoms with E-state index < -0.39 is 5.54 Å². The van der Waals surface area contributed by atoms with Crippen LogP contribution in [0.15, 0.2) is 36.4 Å². The number of anilines is 2. The highest BCUT2D eigenvalue weighted by molar-refractivity contribution is 6.32. The monoisotopic (exact) mass is 457 g/mol. The minimum Gasteiger partial charge on any atom is -0.335 e. The Kier molecular flexibility index (Phi) is 4.79. The van der Waals surface area contributed by atoms with Gasteiger partial charge in [0.1, 0.15) is 11.0 Å². The Balaban J connectivity index is 1.31. The van der Waals surface area contributed by atoms with Gasteiger partial charge in [-0.25, -0.2) is 14.8 Å². The van der Waals surface area contributed by atoms with Crippen LogP contribution in [0.2, 0.25) is 10.4 Å². The highest BCUT2D eigenvalue weighted by Gasteiger charge is 2.46. The van der Waals surface area contributed by atoms with Crippen molar-refractivity contribution < 1.29 is 4.79 Å². The number of H-pyrrole nitrogens is 1. The van der Waals surface area contributed by atoms with Crippen molar-refractivity contribution in [3.63, 3.8) is 0 Å². The first-order chi connectivity index (χ1) is 14.8. The van der Waals surface area contributed by atoms with Gasteiger partial charge < -0.3 is 15.5 Å². The molecule has 8 nitrogen and oxygen atoms in total. The van der Waals surface area contributed by atoms with Crippen LogP contribution in [0, 0.1) is 0 Å². The lowest BCUT2D eigenvalue weighted by Gasteiger charge is -2.32. The standard InChI is InChI=1S/C21H21Cl2N7O/c1-21(2)17-13(18(29-28-17)26-16-9-15(22)25-19(23)27-16)10-30(21)20(31)24-14-8-12(14)11-6-4-3-5-7-11/h3-7,9,12,14H,8,10H2,1-2H3,(H,24,31)(H2,25,26,27,28,29)/t12-,14?/m1/s1. The number of fused-ring (bicyclic) bond motifs is 1. The van der Waals surface area contributed by atoms with Crippen LogP contribution in [0.25, 0.3) is 0 Å². The zero-order valence-electron chi connectivity index (χ0n) is 17.0. The van der Waals surface area contributed by atoms with Crippen LogP contribution < -0.4 is 10.6 Å². The number of carbonyl (C=O) groups is 1. The quantitative estimate of drug-likeness (QED) is 0.393. The van der Waals surface area contributed by atoms with Gasteiger partial charge in [0.2, 0.25) is 5.28 Å². The first-order valence-electron chi connectivity index (χ1n) is 10.0. The number of hydrogen-bond acceptors (Lipinski definition) is 5. The van der Waals surface area contributed by atoms with Crippen LogP contribution in [-0.2, 0) is 12.1 Å². The predicted molar refractivity (Wildman–Crippen MR) is 119 cm³/mol. The largest absolute Gasteiger partial charge is 0.335 e. The van der Waals surface area contributed by atoms with Crippen LogP contribution in [0.4, 0.5) is 16.4 Å². The Morgan fingerprint density at radius 3 is 2.74 bits per heavy atom. The molecule has 0 saturated heterocycles. The first-order valence-corrected chi connectivity index (χ1v) is 10.8. The summed E-state index contributed by atoms with van der Waals surface area (Å²) in [5.74, 6) is 1.39. The molecular formula is C21H21Cl2N7O. The summed E-state index contributed by atoms with van der Waals surface area (Å²) >= 11 is 11.9. The number of carbonyl (C=O) groups excluding carboxylic acids is 1. The maximum absolute atomic E-state index is 13.1. The van der Waals surface area contributed by atoms with E-state index in [1.165, 1.54) is 5.56 Å². The van der Waals surface area contributed by atoms with Crippen molar-refractivity contribution in [3.05, 3.63) is 63.7 Å². The summed E-state index contributed by atoms with van der Waals surface area (Å²) in [4.78, 5) is 22.9. The van der Waals surface area contributed by atoms with Crippen molar-refractivity contribution >= 4 is 40.9 Å². The summed E-state index contributed by atoms with van der Waals surface area (Å²) in [6.07, 6.45) is 0.957. The predicted octanol–water partition coefficient (Wildman–Crippen LogP) is 4.57. The van der Waals surface area contributed by atoms with E-state index in [0.717, 1.165) is 17.7 Å². The zero-order chi connectivity index (χ0) is 21.8. The number of nitrogens with one attached hydrogen (secondary N) is 3. The third-order valence-corrected chi connectivity index (χ3v) is 6.32. The van der Waals surface area contributed by atoms with Gasteiger partial charge in [-0.1, -0.05) is 41.9 Å². The molecule has 0 radical (unpaired) electrons. The molecule has 10 heteroatoms. The molecule has 1 fully saturated rings. The molecule has 1 saturated carbocycles.